The van der Waals surface area contributed by atoms with Crippen LogP contribution in [-0.4, -0.2) is 140 Å². The monoisotopic (exact) mass is 360 g/mol. The fourth-order valence-corrected chi connectivity index (χ4v) is 0. The smallest absolute Gasteiger partial charge is 0.412 e. The minimum Gasteiger partial charge on any atom is -0.412 e. The molecule has 0 aromatic carbocycles. The first-order valence-corrected chi connectivity index (χ1v) is 2.35. The molecule has 0 atom stereocenters. The van der Waals surface area contributed by atoms with Crippen molar-refractivity contribution in [2.45, 2.75) is 0 Å². The molecule has 0 aromatic heterocycles. The third-order valence-corrected chi connectivity index (χ3v) is 0. The van der Waals surface area contributed by atoms with E-state index in [1.807, 2.05) is 0 Å². The van der Waals surface area contributed by atoms with Gasteiger partial charge in [0.2, 0.25) is 0 Å². The number of hydrogen-bond acceptors (Lipinski definition) is 1. The summed E-state index contributed by atoms with van der Waals surface area (Å²) in [4.78, 5) is 21.6. The van der Waals surface area contributed by atoms with Crippen LogP contribution in [0, 0.1) is 0 Å². The van der Waals surface area contributed by atoms with Crippen LogP contribution in [0.1, 0.15) is 0 Å². The Morgan fingerprint density at radius 2 is 0.421 bits per heavy atom. The van der Waals surface area contributed by atoms with E-state index >= 15 is 0 Å². The molecule has 0 saturated heterocycles. The van der Waals surface area contributed by atoms with Gasteiger partial charge in [0, 0.05) is 59.1 Å². The molecular weight excluding hydrogens is 333 g/mol. The van der Waals surface area contributed by atoms with Gasteiger partial charge in [-0.3, -0.25) is 0 Å². The zero-order valence-corrected chi connectivity index (χ0v) is 15.1. The average Bonchev–Trinajstić information content (AvgIpc) is 0.722. The van der Waals surface area contributed by atoms with E-state index in [1.165, 1.54) is 0 Å². The van der Waals surface area contributed by atoms with E-state index in [4.69, 9.17) is 19.2 Å². The second-order valence-electron chi connectivity index (χ2n) is 0.513. The number of hydrogen-bond donors (Lipinski definition) is 3. The maximum atomic E-state index is 8.88. The third kappa shape index (κ3) is 2300. The first-order valence-electron chi connectivity index (χ1n) is 0.783. The van der Waals surface area contributed by atoms with Crippen molar-refractivity contribution in [1.29, 1.82) is 0 Å². The van der Waals surface area contributed by atoms with Crippen LogP contribution >= 0.6 is 7.82 Å². The first kappa shape index (κ1) is 251. The number of phosphoric acid groups is 1. The molecule has 0 bridgehead atoms. The van der Waals surface area contributed by atoms with Gasteiger partial charge in [-0.1, -0.05) is 0 Å². The van der Waals surface area contributed by atoms with Crippen LogP contribution in [0.25, 0.3) is 0 Å². The van der Waals surface area contributed by atoms with Gasteiger partial charge in [0.15, 0.2) is 0 Å². The summed E-state index contributed by atoms with van der Waals surface area (Å²) in [7, 11) is -4.64. The van der Waals surface area contributed by atoms with Gasteiger partial charge in [-0.2, -0.15) is 0 Å². The van der Waals surface area contributed by atoms with Crippen LogP contribution in [0.3, 0.4) is 0 Å². The molecule has 130 valence electrons. The van der Waals surface area contributed by atoms with Crippen molar-refractivity contribution in [2.75, 3.05) is 0 Å². The Balaban J connectivity index is -0.000000000879. The van der Waals surface area contributed by atoms with Crippen LogP contribution in [0.2, 0.25) is 0 Å². The third-order valence-electron chi connectivity index (χ3n) is 0. The molecule has 0 spiro atoms. The van der Waals surface area contributed by atoms with E-state index in [2.05, 4.69) is 0 Å². The predicted molar refractivity (Wildman–Crippen MR) is 69.1 cm³/mol. The second-order valence-corrected chi connectivity index (χ2v) is 1.54. The maximum absolute atomic E-state index is 8.88. The Bertz CT molecular complexity index is 60.9. The summed E-state index contributed by atoms with van der Waals surface area (Å²) in [6.45, 7) is 0. The van der Waals surface area contributed by atoms with Gasteiger partial charge in [-0.25, -0.2) is 4.57 Å². The molecule has 0 fully saturated rings. The van der Waals surface area contributed by atoms with Crippen molar-refractivity contribution in [3.8, 4) is 0 Å². The molecule has 19 heteroatoms. The Hall–Kier alpha value is 1.63. The van der Waals surface area contributed by atoms with E-state index in [0.29, 0.717) is 0 Å². The summed E-state index contributed by atoms with van der Waals surface area (Å²) in [5, 5.41) is 0. The van der Waals surface area contributed by atoms with Gasteiger partial charge in [0.05, 0.1) is 0 Å². The molecule has 0 aliphatic rings. The van der Waals surface area contributed by atoms with Crippen LogP contribution < -0.4 is 0 Å². The van der Waals surface area contributed by atoms with Crippen LogP contribution in [0.15, 0.2) is 0 Å². The van der Waals surface area contributed by atoms with Crippen molar-refractivity contribution >= 4 is 66.9 Å². The molecular formula is H27Na2O16P. The minimum atomic E-state index is -4.64. The maximum Gasteiger partial charge on any atom is 0.466 e. The summed E-state index contributed by atoms with van der Waals surface area (Å²) in [6, 6.07) is 0. The van der Waals surface area contributed by atoms with Gasteiger partial charge < -0.3 is 80.4 Å². The van der Waals surface area contributed by atoms with Gasteiger partial charge in [0.25, 0.3) is 0 Å². The van der Waals surface area contributed by atoms with Gasteiger partial charge in [-0.05, 0) is 0 Å². The van der Waals surface area contributed by atoms with E-state index in [-0.39, 0.29) is 125 Å². The van der Waals surface area contributed by atoms with Gasteiger partial charge in [0.1, 0.15) is 0 Å². The summed E-state index contributed by atoms with van der Waals surface area (Å²) >= 11 is 0. The molecule has 16 nitrogen and oxygen atoms in total. The SMILES string of the molecule is O.O.O.O.O.O.O.O.O.O.O.O.O=P(O)(O)O.[Na].[Na]. The molecule has 0 aliphatic heterocycles. The van der Waals surface area contributed by atoms with Crippen LogP contribution in [0.4, 0.5) is 0 Å². The predicted octanol–water partition coefficient (Wildman–Crippen LogP) is -11.6. The fraction of sp³-hybridized carbons (Fsp3) is 0. The molecule has 27 N–H and O–H groups in total. The summed E-state index contributed by atoms with van der Waals surface area (Å²) in [5.74, 6) is 0. The van der Waals surface area contributed by atoms with Crippen molar-refractivity contribution < 1.29 is 85.0 Å². The largest absolute Gasteiger partial charge is 0.466 e. The van der Waals surface area contributed by atoms with Crippen molar-refractivity contribution in [1.82, 2.24) is 0 Å². The molecule has 0 amide bonds. The Morgan fingerprint density at radius 1 is 0.421 bits per heavy atom. The molecule has 0 saturated carbocycles. The fourth-order valence-electron chi connectivity index (χ4n) is 0. The summed E-state index contributed by atoms with van der Waals surface area (Å²) in [6.07, 6.45) is 0. The van der Waals surface area contributed by atoms with E-state index in [0.717, 1.165) is 0 Å². The van der Waals surface area contributed by atoms with Gasteiger partial charge >= 0.3 is 7.82 Å². The van der Waals surface area contributed by atoms with Gasteiger partial charge in [-0.15, -0.1) is 0 Å². The Labute approximate surface area is 151 Å². The van der Waals surface area contributed by atoms with Crippen LogP contribution in [-0.2, 0) is 4.57 Å². The molecule has 0 rings (SSSR count). The normalized spacial score (nSPS) is 3.11. The molecule has 0 heterocycles. The summed E-state index contributed by atoms with van der Waals surface area (Å²) in [5.41, 5.74) is 0. The second kappa shape index (κ2) is 117. The minimum absolute atomic E-state index is 0. The van der Waals surface area contributed by atoms with E-state index in [9.17, 15) is 0 Å². The van der Waals surface area contributed by atoms with Crippen molar-refractivity contribution in [3.05, 3.63) is 0 Å². The molecule has 19 heavy (non-hydrogen) atoms. The summed E-state index contributed by atoms with van der Waals surface area (Å²) < 4.78 is 8.88. The quantitative estimate of drug-likeness (QED) is 0.279. The Morgan fingerprint density at radius 3 is 0.421 bits per heavy atom. The number of rotatable bonds is 0. The zero-order chi connectivity index (χ0) is 4.50. The van der Waals surface area contributed by atoms with Crippen molar-refractivity contribution in [3.63, 3.8) is 0 Å². The topological polar surface area (TPSA) is 456 Å². The first-order chi connectivity index (χ1) is 2.00. The van der Waals surface area contributed by atoms with E-state index in [1.54, 1.807) is 0 Å². The van der Waals surface area contributed by atoms with Crippen molar-refractivity contribution in [2.24, 2.45) is 0 Å². The average molecular weight is 360 g/mol. The van der Waals surface area contributed by atoms with Crippen LogP contribution in [0.5, 0.6) is 0 Å². The zero-order valence-electron chi connectivity index (χ0n) is 10.2. The Kier molecular flexibility index (Phi) is 1540. The molecule has 0 aromatic rings. The molecule has 2 radical (unpaired) electrons. The molecule has 0 unspecified atom stereocenters. The standard InChI is InChI=1S/2Na.H3O4P.12H2O/c;;1-5(2,3)4;;;;;;;;;;;;/h;;(H3,1,2,3,4);12*1H2. The molecule has 0 aliphatic carbocycles. The van der Waals surface area contributed by atoms with E-state index < -0.39 is 7.82 Å².